The maximum Gasteiger partial charge on any atom is 0.223 e. The van der Waals surface area contributed by atoms with Gasteiger partial charge in [-0.05, 0) is 18.2 Å². The molecular formula is C18H17ClFNO2S. The number of amides is 1. The average molecular weight is 366 g/mol. The molecule has 1 heterocycles. The first-order valence-corrected chi connectivity index (χ1v) is 8.61. The molecule has 0 aliphatic heterocycles. The van der Waals surface area contributed by atoms with Crippen LogP contribution >= 0.6 is 22.9 Å². The summed E-state index contributed by atoms with van der Waals surface area (Å²) in [6, 6.07) is 9.62. The molecule has 0 atom stereocenters. The fraction of sp³-hybridized carbons (Fsp3) is 0.222. The number of hydrogen-bond donors (Lipinski definition) is 0. The van der Waals surface area contributed by atoms with Crippen molar-refractivity contribution in [3.8, 4) is 0 Å². The van der Waals surface area contributed by atoms with E-state index in [1.807, 2.05) is 0 Å². The summed E-state index contributed by atoms with van der Waals surface area (Å²) in [6.45, 7) is 4.07. The summed E-state index contributed by atoms with van der Waals surface area (Å²) in [6.07, 6.45) is 1.75. The van der Waals surface area contributed by atoms with Crippen LogP contribution in [0.5, 0.6) is 0 Å². The Morgan fingerprint density at radius 2 is 1.96 bits per heavy atom. The van der Waals surface area contributed by atoms with Crippen LogP contribution in [0.3, 0.4) is 0 Å². The summed E-state index contributed by atoms with van der Waals surface area (Å²) in [5, 5.41) is 0. The van der Waals surface area contributed by atoms with Gasteiger partial charge in [0.2, 0.25) is 5.91 Å². The van der Waals surface area contributed by atoms with Gasteiger partial charge in [-0.3, -0.25) is 9.59 Å². The van der Waals surface area contributed by atoms with Crippen LogP contribution in [0.25, 0.3) is 0 Å². The van der Waals surface area contributed by atoms with Gasteiger partial charge in [-0.25, -0.2) is 4.39 Å². The molecule has 0 saturated carbocycles. The first kappa shape index (κ1) is 18.4. The number of carbonyl (C=O) groups excluding carboxylic acids is 2. The van der Waals surface area contributed by atoms with Gasteiger partial charge in [0.15, 0.2) is 5.78 Å². The zero-order valence-corrected chi connectivity index (χ0v) is 14.6. The van der Waals surface area contributed by atoms with E-state index in [9.17, 15) is 14.0 Å². The molecule has 0 bridgehead atoms. The van der Waals surface area contributed by atoms with Crippen LogP contribution in [0.1, 0.15) is 28.1 Å². The Hall–Kier alpha value is -1.98. The van der Waals surface area contributed by atoms with E-state index < -0.39 is 0 Å². The van der Waals surface area contributed by atoms with Gasteiger partial charge in [-0.2, -0.15) is 0 Å². The van der Waals surface area contributed by atoms with Crippen LogP contribution in [0, 0.1) is 5.82 Å². The van der Waals surface area contributed by atoms with E-state index in [-0.39, 0.29) is 36.9 Å². The Morgan fingerprint density at radius 1 is 1.21 bits per heavy atom. The van der Waals surface area contributed by atoms with Gasteiger partial charge in [0.05, 0.1) is 9.21 Å². The molecule has 1 aromatic carbocycles. The number of rotatable bonds is 8. The van der Waals surface area contributed by atoms with E-state index in [4.69, 9.17) is 11.6 Å². The fourth-order valence-corrected chi connectivity index (χ4v) is 3.22. The second-order valence-corrected chi connectivity index (χ2v) is 6.90. The molecule has 2 aromatic rings. The Kier molecular flexibility index (Phi) is 6.70. The number of halogens is 2. The summed E-state index contributed by atoms with van der Waals surface area (Å²) < 4.78 is 14.3. The molecule has 0 aliphatic rings. The minimum Gasteiger partial charge on any atom is -0.335 e. The number of carbonyl (C=O) groups is 2. The molecule has 0 unspecified atom stereocenters. The highest BCUT2D eigenvalue weighted by atomic mass is 35.5. The molecule has 0 N–H and O–H groups in total. The van der Waals surface area contributed by atoms with Crippen molar-refractivity contribution >= 4 is 34.6 Å². The topological polar surface area (TPSA) is 37.4 Å². The van der Waals surface area contributed by atoms with Crippen molar-refractivity contribution < 1.29 is 14.0 Å². The molecule has 2 rings (SSSR count). The van der Waals surface area contributed by atoms with E-state index in [1.165, 1.54) is 22.3 Å². The molecule has 0 saturated heterocycles. The second kappa shape index (κ2) is 8.76. The van der Waals surface area contributed by atoms with Gasteiger partial charge < -0.3 is 4.90 Å². The van der Waals surface area contributed by atoms with Crippen LogP contribution in [0.15, 0.2) is 49.1 Å². The van der Waals surface area contributed by atoms with Crippen LogP contribution in [-0.2, 0) is 11.3 Å². The molecule has 126 valence electrons. The van der Waals surface area contributed by atoms with Gasteiger partial charge in [0.1, 0.15) is 5.82 Å². The molecule has 24 heavy (non-hydrogen) atoms. The highest BCUT2D eigenvalue weighted by Gasteiger charge is 2.17. The largest absolute Gasteiger partial charge is 0.335 e. The number of hydrogen-bond acceptors (Lipinski definition) is 3. The molecule has 6 heteroatoms. The smallest absolute Gasteiger partial charge is 0.223 e. The summed E-state index contributed by atoms with van der Waals surface area (Å²) in [4.78, 5) is 26.5. The predicted octanol–water partition coefficient (Wildman–Crippen LogP) is 4.72. The fourth-order valence-electron chi connectivity index (χ4n) is 2.21. The lowest BCUT2D eigenvalue weighted by molar-refractivity contribution is -0.131. The first-order valence-electron chi connectivity index (χ1n) is 7.42. The van der Waals surface area contributed by atoms with Gasteiger partial charge in [0, 0.05) is 31.5 Å². The lowest BCUT2D eigenvalue weighted by atomic mass is 10.1. The van der Waals surface area contributed by atoms with Gasteiger partial charge in [0.25, 0.3) is 0 Å². The van der Waals surface area contributed by atoms with Gasteiger partial charge in [-0.1, -0.05) is 35.9 Å². The SMILES string of the molecule is C=CCN(Cc1ccccc1F)C(=O)CCC(=O)c1ccc(Cl)s1. The van der Waals surface area contributed by atoms with Crippen molar-refractivity contribution in [2.75, 3.05) is 6.54 Å². The monoisotopic (exact) mass is 365 g/mol. The number of benzene rings is 1. The number of nitrogens with zero attached hydrogens (tertiary/aromatic N) is 1. The summed E-state index contributed by atoms with van der Waals surface area (Å²) in [7, 11) is 0. The molecule has 1 amide bonds. The van der Waals surface area contributed by atoms with E-state index in [0.29, 0.717) is 21.3 Å². The van der Waals surface area contributed by atoms with Gasteiger partial charge >= 0.3 is 0 Å². The van der Waals surface area contributed by atoms with Crippen molar-refractivity contribution in [3.63, 3.8) is 0 Å². The molecule has 1 aromatic heterocycles. The summed E-state index contributed by atoms with van der Waals surface area (Å²) in [5.41, 5.74) is 0.434. The molecular weight excluding hydrogens is 349 g/mol. The van der Waals surface area contributed by atoms with Crippen molar-refractivity contribution in [3.05, 3.63) is 69.6 Å². The van der Waals surface area contributed by atoms with E-state index in [2.05, 4.69) is 6.58 Å². The van der Waals surface area contributed by atoms with Crippen LogP contribution < -0.4 is 0 Å². The quantitative estimate of drug-likeness (QED) is 0.501. The second-order valence-electron chi connectivity index (χ2n) is 5.18. The predicted molar refractivity (Wildman–Crippen MR) is 94.9 cm³/mol. The average Bonchev–Trinajstić information content (AvgIpc) is 3.00. The van der Waals surface area contributed by atoms with Crippen LogP contribution in [0.4, 0.5) is 4.39 Å². The zero-order chi connectivity index (χ0) is 17.5. The highest BCUT2D eigenvalue weighted by Crippen LogP contribution is 2.23. The van der Waals surface area contributed by atoms with Crippen molar-refractivity contribution in [2.24, 2.45) is 0 Å². The third-order valence-corrected chi connectivity index (χ3v) is 4.71. The Morgan fingerprint density at radius 3 is 2.58 bits per heavy atom. The molecule has 0 fully saturated rings. The summed E-state index contributed by atoms with van der Waals surface area (Å²) in [5.74, 6) is -0.692. The lowest BCUT2D eigenvalue weighted by Crippen LogP contribution is -2.31. The maximum absolute atomic E-state index is 13.8. The number of Topliss-reactive ketones (excluding diaryl/α,β-unsaturated/α-hetero) is 1. The number of thiophene rings is 1. The molecule has 0 spiro atoms. The van der Waals surface area contributed by atoms with E-state index >= 15 is 0 Å². The highest BCUT2D eigenvalue weighted by molar-refractivity contribution is 7.18. The summed E-state index contributed by atoms with van der Waals surface area (Å²) >= 11 is 7.00. The molecule has 3 nitrogen and oxygen atoms in total. The molecule has 0 aliphatic carbocycles. The Balaban J connectivity index is 1.97. The molecule has 0 radical (unpaired) electrons. The van der Waals surface area contributed by atoms with Crippen LogP contribution in [-0.4, -0.2) is 23.1 Å². The minimum atomic E-state index is -0.358. The maximum atomic E-state index is 13.8. The lowest BCUT2D eigenvalue weighted by Gasteiger charge is -2.21. The number of ketones is 1. The standard InChI is InChI=1S/C18H17ClFNO2S/c1-2-11-21(12-13-5-3-4-6-14(13)20)18(23)10-7-15(22)16-8-9-17(19)24-16/h2-6,8-9H,1,7,10-12H2. The minimum absolute atomic E-state index is 0.0661. The van der Waals surface area contributed by atoms with Crippen molar-refractivity contribution in [1.29, 1.82) is 0 Å². The van der Waals surface area contributed by atoms with E-state index in [0.717, 1.165) is 0 Å². The zero-order valence-electron chi connectivity index (χ0n) is 13.0. The van der Waals surface area contributed by atoms with Crippen LogP contribution in [0.2, 0.25) is 4.34 Å². The van der Waals surface area contributed by atoms with Crippen molar-refractivity contribution in [1.82, 2.24) is 4.90 Å². The Labute approximate surface area is 149 Å². The first-order chi connectivity index (χ1) is 11.5. The van der Waals surface area contributed by atoms with Crippen molar-refractivity contribution in [2.45, 2.75) is 19.4 Å². The Bertz CT molecular complexity index is 744. The normalized spacial score (nSPS) is 10.4. The third kappa shape index (κ3) is 5.01. The third-order valence-electron chi connectivity index (χ3n) is 3.44. The van der Waals surface area contributed by atoms with E-state index in [1.54, 1.807) is 36.4 Å². The van der Waals surface area contributed by atoms with Gasteiger partial charge in [-0.15, -0.1) is 17.9 Å².